The smallest absolute Gasteiger partial charge is 0.308 e. The first-order valence-corrected chi connectivity index (χ1v) is 7.80. The molecule has 6 heteroatoms. The highest BCUT2D eigenvalue weighted by atomic mass is 16.5. The van der Waals surface area contributed by atoms with Crippen molar-refractivity contribution >= 4 is 5.97 Å². The van der Waals surface area contributed by atoms with Gasteiger partial charge in [-0.2, -0.15) is 5.10 Å². The van der Waals surface area contributed by atoms with Gasteiger partial charge in [0, 0.05) is 44.1 Å². The number of carboxylic acids is 1. The number of aliphatic carboxylic acids is 1. The third-order valence-corrected chi connectivity index (χ3v) is 4.65. The first kappa shape index (κ1) is 14.5. The van der Waals surface area contributed by atoms with Gasteiger partial charge in [0.15, 0.2) is 0 Å². The lowest BCUT2D eigenvalue weighted by molar-refractivity contribution is -0.144. The predicted molar refractivity (Wildman–Crippen MR) is 76.9 cm³/mol. The predicted octanol–water partition coefficient (Wildman–Crippen LogP) is 1.05. The molecule has 2 aliphatic rings. The molecular weight excluding hydrogens is 270 g/mol. The van der Waals surface area contributed by atoms with Gasteiger partial charge in [-0.1, -0.05) is 0 Å². The summed E-state index contributed by atoms with van der Waals surface area (Å²) in [6.45, 7) is 3.61. The van der Waals surface area contributed by atoms with E-state index in [0.29, 0.717) is 26.3 Å². The fourth-order valence-electron chi connectivity index (χ4n) is 3.41. The minimum Gasteiger partial charge on any atom is -0.481 e. The van der Waals surface area contributed by atoms with Crippen LogP contribution in [0, 0.1) is 11.8 Å². The summed E-state index contributed by atoms with van der Waals surface area (Å²) in [4.78, 5) is 11.5. The number of carbonyl (C=O) groups is 1. The fraction of sp³-hybridized carbons (Fsp3) is 0.733. The molecule has 0 saturated carbocycles. The minimum absolute atomic E-state index is 0.224. The molecule has 1 aromatic heterocycles. The summed E-state index contributed by atoms with van der Waals surface area (Å²) < 4.78 is 7.38. The van der Waals surface area contributed by atoms with Crippen LogP contribution in [0.4, 0.5) is 0 Å². The fourth-order valence-corrected chi connectivity index (χ4v) is 3.41. The SMILES string of the molecule is O=C(O)C(CNCc1cnn2c1CCC2)C1CCOCC1. The summed E-state index contributed by atoms with van der Waals surface area (Å²) in [6, 6.07) is 0. The monoisotopic (exact) mass is 293 g/mol. The Morgan fingerprint density at radius 2 is 2.33 bits per heavy atom. The second-order valence-corrected chi connectivity index (χ2v) is 5.97. The van der Waals surface area contributed by atoms with Crippen LogP contribution in [-0.2, 0) is 29.0 Å². The molecule has 21 heavy (non-hydrogen) atoms. The minimum atomic E-state index is -0.699. The lowest BCUT2D eigenvalue weighted by Crippen LogP contribution is -2.36. The van der Waals surface area contributed by atoms with Crippen molar-refractivity contribution in [2.45, 2.75) is 38.8 Å². The molecule has 1 aromatic rings. The first-order chi connectivity index (χ1) is 10.3. The molecular formula is C15H23N3O3. The summed E-state index contributed by atoms with van der Waals surface area (Å²) in [6.07, 6.45) is 5.85. The average Bonchev–Trinajstić information content (AvgIpc) is 3.08. The molecule has 0 aromatic carbocycles. The second-order valence-electron chi connectivity index (χ2n) is 5.97. The average molecular weight is 293 g/mol. The summed E-state index contributed by atoms with van der Waals surface area (Å²) >= 11 is 0. The van der Waals surface area contributed by atoms with Gasteiger partial charge in [-0.3, -0.25) is 9.48 Å². The van der Waals surface area contributed by atoms with Crippen molar-refractivity contribution in [2.24, 2.45) is 11.8 Å². The van der Waals surface area contributed by atoms with Crippen molar-refractivity contribution in [3.8, 4) is 0 Å². The van der Waals surface area contributed by atoms with Gasteiger partial charge in [0.05, 0.1) is 12.1 Å². The lowest BCUT2D eigenvalue weighted by atomic mass is 9.86. The summed E-state index contributed by atoms with van der Waals surface area (Å²) in [5.74, 6) is -0.797. The quantitative estimate of drug-likeness (QED) is 0.820. The maximum absolute atomic E-state index is 11.5. The number of hydrogen-bond donors (Lipinski definition) is 2. The number of ether oxygens (including phenoxy) is 1. The van der Waals surface area contributed by atoms with E-state index < -0.39 is 5.97 Å². The molecule has 1 saturated heterocycles. The van der Waals surface area contributed by atoms with Crippen LogP contribution in [0.2, 0.25) is 0 Å². The lowest BCUT2D eigenvalue weighted by Gasteiger charge is -2.27. The van der Waals surface area contributed by atoms with Crippen LogP contribution in [0.3, 0.4) is 0 Å². The van der Waals surface area contributed by atoms with Gasteiger partial charge in [-0.25, -0.2) is 0 Å². The highest BCUT2D eigenvalue weighted by molar-refractivity contribution is 5.70. The zero-order valence-corrected chi connectivity index (χ0v) is 12.3. The van der Waals surface area contributed by atoms with E-state index in [9.17, 15) is 9.90 Å². The van der Waals surface area contributed by atoms with E-state index in [0.717, 1.165) is 32.2 Å². The molecule has 116 valence electrons. The van der Waals surface area contributed by atoms with Crippen LogP contribution in [0.5, 0.6) is 0 Å². The van der Waals surface area contributed by atoms with Gasteiger partial charge in [0.2, 0.25) is 0 Å². The Kier molecular flexibility index (Phi) is 4.55. The van der Waals surface area contributed by atoms with E-state index in [1.807, 2.05) is 6.20 Å². The highest BCUT2D eigenvalue weighted by Gasteiger charge is 2.29. The number of aromatic nitrogens is 2. The third-order valence-electron chi connectivity index (χ3n) is 4.65. The van der Waals surface area contributed by atoms with Crippen LogP contribution in [-0.4, -0.2) is 40.6 Å². The number of nitrogens with one attached hydrogen (secondary N) is 1. The van der Waals surface area contributed by atoms with Crippen molar-refractivity contribution in [3.63, 3.8) is 0 Å². The van der Waals surface area contributed by atoms with Gasteiger partial charge in [-0.05, 0) is 31.6 Å². The maximum atomic E-state index is 11.5. The number of fused-ring (bicyclic) bond motifs is 1. The van der Waals surface area contributed by atoms with Gasteiger partial charge in [0.25, 0.3) is 0 Å². The molecule has 2 N–H and O–H groups in total. The van der Waals surface area contributed by atoms with Crippen molar-refractivity contribution in [2.75, 3.05) is 19.8 Å². The molecule has 0 bridgehead atoms. The largest absolute Gasteiger partial charge is 0.481 e. The Morgan fingerprint density at radius 1 is 1.52 bits per heavy atom. The van der Waals surface area contributed by atoms with Crippen LogP contribution < -0.4 is 5.32 Å². The van der Waals surface area contributed by atoms with E-state index in [1.54, 1.807) is 0 Å². The summed E-state index contributed by atoms with van der Waals surface area (Å²) in [5, 5.41) is 17.1. The van der Waals surface area contributed by atoms with Gasteiger partial charge < -0.3 is 15.2 Å². The number of hydrogen-bond acceptors (Lipinski definition) is 4. The molecule has 0 spiro atoms. The van der Waals surface area contributed by atoms with Crippen LogP contribution in [0.15, 0.2) is 6.20 Å². The van der Waals surface area contributed by atoms with E-state index in [-0.39, 0.29) is 11.8 Å². The van der Waals surface area contributed by atoms with Crippen molar-refractivity contribution < 1.29 is 14.6 Å². The number of aryl methyl sites for hydroxylation is 1. The Morgan fingerprint density at radius 3 is 3.10 bits per heavy atom. The standard InChI is InChI=1S/C15H23N3O3/c19-15(20)13(11-3-6-21-7-4-11)10-16-8-12-9-17-18-5-1-2-14(12)18/h9,11,13,16H,1-8,10H2,(H,19,20). The Bertz CT molecular complexity index is 494. The second kappa shape index (κ2) is 6.58. The van der Waals surface area contributed by atoms with Gasteiger partial charge in [-0.15, -0.1) is 0 Å². The first-order valence-electron chi connectivity index (χ1n) is 7.80. The molecule has 1 atom stereocenters. The highest BCUT2D eigenvalue weighted by Crippen LogP contribution is 2.24. The molecule has 6 nitrogen and oxygen atoms in total. The molecule has 3 heterocycles. The Labute approximate surface area is 124 Å². The summed E-state index contributed by atoms with van der Waals surface area (Å²) in [5.41, 5.74) is 2.52. The summed E-state index contributed by atoms with van der Waals surface area (Å²) in [7, 11) is 0. The van der Waals surface area contributed by atoms with E-state index in [4.69, 9.17) is 4.74 Å². The molecule has 0 radical (unpaired) electrons. The number of carboxylic acid groups (broad SMARTS) is 1. The molecule has 2 aliphatic heterocycles. The van der Waals surface area contributed by atoms with Gasteiger partial charge >= 0.3 is 5.97 Å². The van der Waals surface area contributed by atoms with Gasteiger partial charge in [0.1, 0.15) is 0 Å². The molecule has 0 amide bonds. The molecule has 3 rings (SSSR count). The van der Waals surface area contributed by atoms with Crippen molar-refractivity contribution in [1.29, 1.82) is 0 Å². The Balaban J connectivity index is 1.53. The van der Waals surface area contributed by atoms with Crippen LogP contribution >= 0.6 is 0 Å². The van der Waals surface area contributed by atoms with Crippen molar-refractivity contribution in [3.05, 3.63) is 17.5 Å². The Hall–Kier alpha value is -1.40. The normalized spacial score (nSPS) is 20.4. The molecule has 0 aliphatic carbocycles. The zero-order valence-electron chi connectivity index (χ0n) is 12.3. The van der Waals surface area contributed by atoms with E-state index in [2.05, 4.69) is 15.1 Å². The third kappa shape index (κ3) is 3.27. The molecule has 1 fully saturated rings. The van der Waals surface area contributed by atoms with Crippen LogP contribution in [0.25, 0.3) is 0 Å². The maximum Gasteiger partial charge on any atom is 0.308 e. The zero-order chi connectivity index (χ0) is 14.7. The topological polar surface area (TPSA) is 76.4 Å². The van der Waals surface area contributed by atoms with Crippen molar-refractivity contribution in [1.82, 2.24) is 15.1 Å². The molecule has 1 unspecified atom stereocenters. The number of nitrogens with zero attached hydrogens (tertiary/aromatic N) is 2. The van der Waals surface area contributed by atoms with Crippen LogP contribution in [0.1, 0.15) is 30.5 Å². The van der Waals surface area contributed by atoms with E-state index in [1.165, 1.54) is 11.3 Å². The van der Waals surface area contributed by atoms with E-state index >= 15 is 0 Å². The number of rotatable bonds is 6.